The second kappa shape index (κ2) is 7.48. The van der Waals surface area contributed by atoms with E-state index in [-0.39, 0.29) is 24.4 Å². The molecule has 1 amide bonds. The lowest BCUT2D eigenvalue weighted by atomic mass is 10.0. The van der Waals surface area contributed by atoms with E-state index in [9.17, 15) is 4.79 Å². The molecule has 4 rings (SSSR count). The van der Waals surface area contributed by atoms with Crippen molar-refractivity contribution in [2.75, 3.05) is 31.6 Å². The molecule has 1 saturated carbocycles. The first-order chi connectivity index (χ1) is 11.5. The molecule has 3 heterocycles. The minimum Gasteiger partial charge on any atom is -0.379 e. The summed E-state index contributed by atoms with van der Waals surface area (Å²) in [4.78, 5) is 19.4. The van der Waals surface area contributed by atoms with Crippen LogP contribution in [0.2, 0.25) is 0 Å². The lowest BCUT2D eigenvalue weighted by molar-refractivity contribution is -0.118. The summed E-state index contributed by atoms with van der Waals surface area (Å²) in [6.07, 6.45) is 2.10. The topological polar surface area (TPSA) is 66.5 Å². The molecule has 3 atom stereocenters. The second-order valence-electron chi connectivity index (χ2n) is 7.35. The molecule has 6 nitrogen and oxygen atoms in total. The number of carbonyl (C=O) groups excluding carboxylic acids is 1. The van der Waals surface area contributed by atoms with E-state index in [4.69, 9.17) is 4.74 Å². The van der Waals surface area contributed by atoms with E-state index in [0.29, 0.717) is 17.3 Å². The molecule has 8 heteroatoms. The average Bonchev–Trinajstić information content (AvgIpc) is 3.08. The number of hydrogen-bond donors (Lipinski definition) is 2. The van der Waals surface area contributed by atoms with Crippen LogP contribution in [0, 0.1) is 5.41 Å². The largest absolute Gasteiger partial charge is 0.379 e. The highest BCUT2D eigenvalue weighted by Gasteiger charge is 2.58. The van der Waals surface area contributed by atoms with Gasteiger partial charge in [0.15, 0.2) is 0 Å². The fraction of sp³-hybridized carbons (Fsp3) is 0.647. The molecule has 0 spiro atoms. The summed E-state index contributed by atoms with van der Waals surface area (Å²) >= 11 is 3.41. The Bertz CT molecular complexity index is 656. The summed E-state index contributed by atoms with van der Waals surface area (Å²) in [7, 11) is 0. The van der Waals surface area contributed by atoms with Crippen LogP contribution in [0.25, 0.3) is 0 Å². The number of fused-ring (bicyclic) bond motifs is 1. The third kappa shape index (κ3) is 4.17. The Morgan fingerprint density at radius 1 is 1.44 bits per heavy atom. The van der Waals surface area contributed by atoms with E-state index >= 15 is 0 Å². The van der Waals surface area contributed by atoms with Crippen molar-refractivity contribution in [2.45, 2.75) is 38.4 Å². The molecular formula is C17H24BrClN4O2. The van der Waals surface area contributed by atoms with Crippen molar-refractivity contribution in [3.8, 4) is 0 Å². The number of carbonyl (C=O) groups is 1. The van der Waals surface area contributed by atoms with Gasteiger partial charge in [0.05, 0.1) is 19.3 Å². The number of nitrogens with zero attached hydrogens (tertiary/aromatic N) is 2. The van der Waals surface area contributed by atoms with Gasteiger partial charge in [-0.3, -0.25) is 9.69 Å². The molecule has 1 aromatic rings. The first-order valence-electron chi connectivity index (χ1n) is 8.56. The van der Waals surface area contributed by atoms with Gasteiger partial charge in [0, 0.05) is 31.2 Å². The van der Waals surface area contributed by atoms with Crippen LogP contribution in [-0.2, 0) is 16.1 Å². The predicted molar refractivity (Wildman–Crippen MR) is 102 cm³/mol. The molecule has 3 aliphatic rings. The first-order valence-corrected chi connectivity index (χ1v) is 9.35. The Balaban J connectivity index is 0.00000182. The Hall–Kier alpha value is -0.730. The molecule has 2 saturated heterocycles. The first kappa shape index (κ1) is 19.0. The van der Waals surface area contributed by atoms with Crippen LogP contribution < -0.4 is 10.6 Å². The van der Waals surface area contributed by atoms with Gasteiger partial charge in [0.25, 0.3) is 0 Å². The molecule has 0 aromatic carbocycles. The average molecular weight is 432 g/mol. The number of rotatable bonds is 4. The molecule has 2 aliphatic heterocycles. The van der Waals surface area contributed by atoms with Crippen molar-refractivity contribution in [1.29, 1.82) is 0 Å². The number of ether oxygens (including phenoxy) is 1. The standard InChI is InChI=1S/C17H23BrN4O2.ClH/c1-17-8-12(19-13(17)9-17)16(23)21-15-11(2-3-14(18)20-15)10-22-4-6-24-7-5-22;/h2-3,12-13,19H,4-10H2,1H3,(H,20,21,23);1H/t12-,13+,17-;/m0./s1. The van der Waals surface area contributed by atoms with Crippen LogP contribution in [0.1, 0.15) is 25.3 Å². The van der Waals surface area contributed by atoms with E-state index < -0.39 is 0 Å². The number of halogens is 2. The van der Waals surface area contributed by atoms with Gasteiger partial charge >= 0.3 is 0 Å². The summed E-state index contributed by atoms with van der Waals surface area (Å²) in [5.41, 5.74) is 1.37. The maximum Gasteiger partial charge on any atom is 0.242 e. The van der Waals surface area contributed by atoms with Crippen molar-refractivity contribution in [2.24, 2.45) is 5.41 Å². The summed E-state index contributed by atoms with van der Waals surface area (Å²) < 4.78 is 6.13. The minimum absolute atomic E-state index is 0. The van der Waals surface area contributed by atoms with E-state index in [1.165, 1.54) is 6.42 Å². The molecule has 0 unspecified atom stereocenters. The van der Waals surface area contributed by atoms with Gasteiger partial charge in [-0.05, 0) is 40.3 Å². The highest BCUT2D eigenvalue weighted by molar-refractivity contribution is 9.10. The second-order valence-corrected chi connectivity index (χ2v) is 8.17. The van der Waals surface area contributed by atoms with E-state index in [1.807, 2.05) is 12.1 Å². The molecular weight excluding hydrogens is 408 g/mol. The van der Waals surface area contributed by atoms with Crippen molar-refractivity contribution in [3.05, 3.63) is 22.3 Å². The molecule has 1 aliphatic carbocycles. The lowest BCUT2D eigenvalue weighted by Crippen LogP contribution is -2.39. The molecule has 138 valence electrons. The number of aromatic nitrogens is 1. The van der Waals surface area contributed by atoms with Crippen LogP contribution >= 0.6 is 28.3 Å². The van der Waals surface area contributed by atoms with Crippen LogP contribution in [0.3, 0.4) is 0 Å². The Morgan fingerprint density at radius 3 is 2.88 bits per heavy atom. The van der Waals surface area contributed by atoms with Gasteiger partial charge in [-0.15, -0.1) is 12.4 Å². The normalized spacial score (nSPS) is 31.1. The SMILES string of the molecule is C[C@@]12C[C@@H](C(=O)Nc3nc(Br)ccc3CN3CCOCC3)N[C@@H]1C2.Cl. The fourth-order valence-electron chi connectivity index (χ4n) is 3.73. The fourth-order valence-corrected chi connectivity index (χ4v) is 4.04. The van der Waals surface area contributed by atoms with Gasteiger partial charge in [-0.2, -0.15) is 0 Å². The van der Waals surface area contributed by atoms with E-state index in [2.05, 4.69) is 43.4 Å². The van der Waals surface area contributed by atoms with Gasteiger partial charge in [0.2, 0.25) is 5.91 Å². The van der Waals surface area contributed by atoms with Crippen LogP contribution in [0.4, 0.5) is 5.82 Å². The highest BCUT2D eigenvalue weighted by Crippen LogP contribution is 2.53. The van der Waals surface area contributed by atoms with Crippen molar-refractivity contribution < 1.29 is 9.53 Å². The molecule has 3 fully saturated rings. The van der Waals surface area contributed by atoms with Gasteiger partial charge in [-0.25, -0.2) is 4.98 Å². The van der Waals surface area contributed by atoms with E-state index in [0.717, 1.165) is 49.4 Å². The number of hydrogen-bond acceptors (Lipinski definition) is 5. The number of amides is 1. The maximum absolute atomic E-state index is 12.6. The zero-order chi connectivity index (χ0) is 16.7. The number of pyridine rings is 1. The van der Waals surface area contributed by atoms with Gasteiger partial charge in [-0.1, -0.05) is 13.0 Å². The number of piperidine rings is 1. The van der Waals surface area contributed by atoms with Crippen molar-refractivity contribution >= 4 is 40.1 Å². The quantitative estimate of drug-likeness (QED) is 0.715. The van der Waals surface area contributed by atoms with E-state index in [1.54, 1.807) is 0 Å². The molecule has 0 radical (unpaired) electrons. The summed E-state index contributed by atoms with van der Waals surface area (Å²) in [6.45, 7) is 6.37. The zero-order valence-corrected chi connectivity index (χ0v) is 16.7. The minimum atomic E-state index is -0.106. The lowest BCUT2D eigenvalue weighted by Gasteiger charge is -2.27. The predicted octanol–water partition coefficient (Wildman–Crippen LogP) is 2.18. The molecule has 25 heavy (non-hydrogen) atoms. The number of anilines is 1. The molecule has 1 aromatic heterocycles. The zero-order valence-electron chi connectivity index (χ0n) is 14.3. The highest BCUT2D eigenvalue weighted by atomic mass is 79.9. The van der Waals surface area contributed by atoms with Crippen molar-refractivity contribution in [1.82, 2.24) is 15.2 Å². The third-order valence-electron chi connectivity index (χ3n) is 5.42. The molecule has 2 N–H and O–H groups in total. The van der Waals surface area contributed by atoms with Crippen molar-refractivity contribution in [3.63, 3.8) is 0 Å². The summed E-state index contributed by atoms with van der Waals surface area (Å²) in [5, 5.41) is 6.47. The van der Waals surface area contributed by atoms with Crippen LogP contribution in [-0.4, -0.2) is 54.2 Å². The van der Waals surface area contributed by atoms with Gasteiger partial charge < -0.3 is 15.4 Å². The van der Waals surface area contributed by atoms with Crippen LogP contribution in [0.15, 0.2) is 16.7 Å². The Morgan fingerprint density at radius 2 is 2.20 bits per heavy atom. The summed E-state index contributed by atoms with van der Waals surface area (Å²) in [6, 6.07) is 4.36. The number of nitrogens with one attached hydrogen (secondary N) is 2. The number of morpholine rings is 1. The Labute approximate surface area is 162 Å². The monoisotopic (exact) mass is 430 g/mol. The smallest absolute Gasteiger partial charge is 0.242 e. The maximum atomic E-state index is 12.6. The third-order valence-corrected chi connectivity index (χ3v) is 5.87. The van der Waals surface area contributed by atoms with Gasteiger partial charge in [0.1, 0.15) is 10.4 Å². The summed E-state index contributed by atoms with van der Waals surface area (Å²) in [5.74, 6) is 0.686. The molecule has 0 bridgehead atoms. The Kier molecular flexibility index (Phi) is 5.70. The van der Waals surface area contributed by atoms with Crippen LogP contribution in [0.5, 0.6) is 0 Å².